The predicted molar refractivity (Wildman–Crippen MR) is 105 cm³/mol. The van der Waals surface area contributed by atoms with Gasteiger partial charge in [0.1, 0.15) is 0 Å². The third kappa shape index (κ3) is 4.01. The van der Waals surface area contributed by atoms with Crippen LogP contribution in [-0.4, -0.2) is 5.87 Å². The zero-order chi connectivity index (χ0) is 16.8. The van der Waals surface area contributed by atoms with E-state index in [1.165, 1.54) is 11.1 Å². The summed E-state index contributed by atoms with van der Waals surface area (Å²) in [7, 11) is -0.431. The van der Waals surface area contributed by atoms with Crippen molar-refractivity contribution in [1.82, 2.24) is 0 Å². The van der Waals surface area contributed by atoms with Gasteiger partial charge in [0.2, 0.25) is 0 Å². The van der Waals surface area contributed by atoms with Crippen molar-refractivity contribution in [1.29, 1.82) is 0 Å². The molecule has 0 bridgehead atoms. The fourth-order valence-corrected chi connectivity index (χ4v) is 3.00. The summed E-state index contributed by atoms with van der Waals surface area (Å²) in [5, 5.41) is 9.16. The van der Waals surface area contributed by atoms with Gasteiger partial charge in [0.15, 0.2) is 0 Å². The second-order valence-corrected chi connectivity index (χ2v) is 6.66. The molecule has 2 aromatic rings. The van der Waals surface area contributed by atoms with Gasteiger partial charge in [-0.1, -0.05) is 65.6 Å². The molecule has 0 spiro atoms. The third-order valence-electron chi connectivity index (χ3n) is 3.76. The van der Waals surface area contributed by atoms with Crippen LogP contribution in [0.5, 0.6) is 0 Å². The molecule has 2 atom stereocenters. The van der Waals surface area contributed by atoms with E-state index in [1.54, 1.807) is 0 Å². The average Bonchev–Trinajstić information content (AvgIpc) is 2.91. The van der Waals surface area contributed by atoms with E-state index < -0.39 is 10.7 Å². The molecule has 1 aliphatic rings. The molecule has 3 N–H and O–H groups in total. The fraction of sp³-hybridized carbons (Fsp3) is 0.150. The van der Waals surface area contributed by atoms with Crippen molar-refractivity contribution in [2.45, 2.75) is 24.7 Å². The minimum absolute atomic E-state index is 0.217. The smallest absolute Gasteiger partial charge is 0.0505 e. The first-order chi connectivity index (χ1) is 11.1. The van der Waals surface area contributed by atoms with Gasteiger partial charge in [0, 0.05) is 16.3 Å². The molecule has 2 unspecified atom stereocenters. The molecule has 0 radical (unpaired) electrons. The first kappa shape index (κ1) is 17.3. The van der Waals surface area contributed by atoms with E-state index in [9.17, 15) is 0 Å². The molecule has 0 saturated heterocycles. The Morgan fingerprint density at radius 3 is 2.22 bits per heavy atom. The van der Waals surface area contributed by atoms with Gasteiger partial charge in [0.25, 0.3) is 0 Å². The van der Waals surface area contributed by atoms with Crippen LogP contribution in [0.4, 0.5) is 5.69 Å². The SMILES string of the molecule is C=C1Nc2ccccc2C1c1ccc(S(=C)N)cc1.CC=CC. The summed E-state index contributed by atoms with van der Waals surface area (Å²) in [6.45, 7) is 8.14. The lowest BCUT2D eigenvalue weighted by atomic mass is 9.91. The maximum absolute atomic E-state index is 5.81. The second kappa shape index (κ2) is 7.95. The van der Waals surface area contributed by atoms with E-state index in [0.29, 0.717) is 0 Å². The van der Waals surface area contributed by atoms with Crippen LogP contribution in [0.25, 0.3) is 0 Å². The van der Waals surface area contributed by atoms with Gasteiger partial charge in [-0.25, -0.2) is 0 Å². The molecule has 120 valence electrons. The number of nitrogens with one attached hydrogen (secondary N) is 1. The van der Waals surface area contributed by atoms with Crippen LogP contribution in [0, 0.1) is 0 Å². The van der Waals surface area contributed by atoms with Crippen LogP contribution in [-0.2, 0) is 0 Å². The fourth-order valence-electron chi connectivity index (χ4n) is 2.51. The normalized spacial score (nSPS) is 17.2. The van der Waals surface area contributed by atoms with Crippen molar-refractivity contribution in [3.05, 3.63) is 84.1 Å². The number of hydrogen-bond donors (Lipinski definition) is 2. The van der Waals surface area contributed by atoms with Crippen LogP contribution < -0.4 is 10.5 Å². The van der Waals surface area contributed by atoms with Gasteiger partial charge in [-0.15, -0.1) is 0 Å². The Kier molecular flexibility index (Phi) is 5.97. The molecule has 2 nitrogen and oxygen atoms in total. The molecule has 1 aliphatic heterocycles. The first-order valence-electron chi connectivity index (χ1n) is 7.58. The van der Waals surface area contributed by atoms with Gasteiger partial charge >= 0.3 is 0 Å². The minimum Gasteiger partial charge on any atom is -0.358 e. The van der Waals surface area contributed by atoms with Crippen molar-refractivity contribution in [2.75, 3.05) is 5.32 Å². The molecule has 3 rings (SSSR count). The highest BCUT2D eigenvalue weighted by Crippen LogP contribution is 2.41. The van der Waals surface area contributed by atoms with E-state index >= 15 is 0 Å². The molecular weight excluding hydrogens is 300 g/mol. The Morgan fingerprint density at radius 2 is 1.65 bits per heavy atom. The van der Waals surface area contributed by atoms with E-state index in [-0.39, 0.29) is 5.92 Å². The lowest BCUT2D eigenvalue weighted by Gasteiger charge is -2.13. The maximum atomic E-state index is 5.81. The number of anilines is 1. The van der Waals surface area contributed by atoms with Crippen LogP contribution in [0.1, 0.15) is 30.9 Å². The molecule has 0 aliphatic carbocycles. The molecule has 0 aromatic heterocycles. The zero-order valence-electron chi connectivity index (χ0n) is 13.8. The highest BCUT2D eigenvalue weighted by atomic mass is 32.2. The quantitative estimate of drug-likeness (QED) is 0.583. The number of para-hydroxylation sites is 1. The largest absolute Gasteiger partial charge is 0.358 e. The lowest BCUT2D eigenvalue weighted by molar-refractivity contribution is 1.01. The standard InChI is InChI=1S/C16H16N2S.C4H8/c1-11-16(14-5-3-4-6-15(14)18-11)12-7-9-13(10-8-12)19(2)17;1-3-4-2/h3-10,16,18H,1-2,17H2;3-4H,1-2H3. The molecule has 23 heavy (non-hydrogen) atoms. The summed E-state index contributed by atoms with van der Waals surface area (Å²) >= 11 is 0. The number of rotatable bonds is 2. The Bertz CT molecular complexity index is 726. The Labute approximate surface area is 141 Å². The summed E-state index contributed by atoms with van der Waals surface area (Å²) in [6, 6.07) is 16.7. The van der Waals surface area contributed by atoms with Crippen molar-refractivity contribution in [2.24, 2.45) is 5.14 Å². The molecule has 0 saturated carbocycles. The zero-order valence-corrected chi connectivity index (χ0v) is 14.6. The monoisotopic (exact) mass is 324 g/mol. The highest BCUT2D eigenvalue weighted by Gasteiger charge is 2.26. The van der Waals surface area contributed by atoms with Crippen LogP contribution in [0.2, 0.25) is 0 Å². The second-order valence-electron chi connectivity index (χ2n) is 5.34. The summed E-state index contributed by atoms with van der Waals surface area (Å²) in [6.07, 6.45) is 4.00. The summed E-state index contributed by atoms with van der Waals surface area (Å²) < 4.78 is 0. The molecule has 0 amide bonds. The van der Waals surface area contributed by atoms with Crippen molar-refractivity contribution in [3.63, 3.8) is 0 Å². The Balaban J connectivity index is 0.000000433. The van der Waals surface area contributed by atoms with Crippen molar-refractivity contribution >= 4 is 22.2 Å². The van der Waals surface area contributed by atoms with Gasteiger partial charge in [-0.3, -0.25) is 5.14 Å². The minimum atomic E-state index is -0.431. The summed E-state index contributed by atoms with van der Waals surface area (Å²) in [4.78, 5) is 1.08. The van der Waals surface area contributed by atoms with E-state index in [4.69, 9.17) is 5.14 Å². The van der Waals surface area contributed by atoms with E-state index in [1.807, 2.05) is 32.1 Å². The van der Waals surface area contributed by atoms with Crippen LogP contribution >= 0.6 is 10.7 Å². The lowest BCUT2D eigenvalue weighted by Crippen LogP contribution is -2.00. The first-order valence-corrected chi connectivity index (χ1v) is 9.04. The molecule has 3 heteroatoms. The van der Waals surface area contributed by atoms with Gasteiger partial charge < -0.3 is 5.32 Å². The van der Waals surface area contributed by atoms with Crippen LogP contribution in [0.3, 0.4) is 0 Å². The number of benzene rings is 2. The van der Waals surface area contributed by atoms with E-state index in [0.717, 1.165) is 16.3 Å². The molecule has 0 fully saturated rings. The third-order valence-corrected chi connectivity index (χ3v) is 4.64. The van der Waals surface area contributed by atoms with Gasteiger partial charge in [-0.2, -0.15) is 0 Å². The Morgan fingerprint density at radius 1 is 1.04 bits per heavy atom. The van der Waals surface area contributed by atoms with Crippen molar-refractivity contribution < 1.29 is 0 Å². The molecule has 1 heterocycles. The molecule has 2 aromatic carbocycles. The predicted octanol–water partition coefficient (Wildman–Crippen LogP) is 5.27. The average molecular weight is 324 g/mol. The summed E-state index contributed by atoms with van der Waals surface area (Å²) in [5.74, 6) is 4.08. The van der Waals surface area contributed by atoms with Gasteiger partial charge in [0.05, 0.1) is 5.92 Å². The van der Waals surface area contributed by atoms with Crippen molar-refractivity contribution in [3.8, 4) is 0 Å². The highest BCUT2D eigenvalue weighted by molar-refractivity contribution is 8.12. The Hall–Kier alpha value is -2.10. The van der Waals surface area contributed by atoms with Crippen LogP contribution in [0.15, 0.2) is 77.9 Å². The van der Waals surface area contributed by atoms with Gasteiger partial charge in [-0.05, 0) is 43.2 Å². The van der Waals surface area contributed by atoms with E-state index in [2.05, 4.69) is 60.2 Å². The topological polar surface area (TPSA) is 38.0 Å². The maximum Gasteiger partial charge on any atom is 0.0505 e. The number of nitrogens with two attached hydrogens (primary N) is 1. The number of hydrogen-bond acceptors (Lipinski definition) is 2. The summed E-state index contributed by atoms with van der Waals surface area (Å²) in [5.41, 5.74) is 4.69. The number of allylic oxidation sites excluding steroid dienone is 3. The number of fused-ring (bicyclic) bond motifs is 1. The molecular formula is C20H24N2S.